The molecule has 0 spiro atoms. The molecule has 0 rings (SSSR count). The second-order valence-electron chi connectivity index (χ2n) is 10.7. The molecular formula is C30H58KO6P. The first-order valence-corrected chi connectivity index (χ1v) is 17.1. The maximum absolute atomic E-state index is 11.8. The van der Waals surface area contributed by atoms with Crippen LogP contribution in [-0.2, 0) is 23.2 Å². The molecule has 0 fully saturated rings. The van der Waals surface area contributed by atoms with E-state index in [0.29, 0.717) is 12.8 Å². The number of hydrogen-bond acceptors (Lipinski definition) is 6. The topological polar surface area (TPSA) is 92.7 Å². The van der Waals surface area contributed by atoms with E-state index in [1.165, 1.54) is 103 Å². The summed E-state index contributed by atoms with van der Waals surface area (Å²) < 4.78 is 20.7. The van der Waals surface area contributed by atoms with Crippen LogP contribution in [0.1, 0.15) is 181 Å². The van der Waals surface area contributed by atoms with E-state index in [1.807, 2.05) is 0 Å². The van der Waals surface area contributed by atoms with Crippen LogP contribution < -0.4 is 56.3 Å². The van der Waals surface area contributed by atoms with E-state index in [0.717, 1.165) is 38.5 Å². The van der Waals surface area contributed by atoms with Crippen molar-refractivity contribution in [2.24, 2.45) is 0 Å². The predicted molar refractivity (Wildman–Crippen MR) is 151 cm³/mol. The quantitative estimate of drug-likeness (QED) is 0.0575. The van der Waals surface area contributed by atoms with Gasteiger partial charge in [-0.05, 0) is 12.8 Å². The van der Waals surface area contributed by atoms with E-state index in [1.54, 1.807) is 0 Å². The molecule has 38 heavy (non-hydrogen) atoms. The molecule has 0 saturated heterocycles. The zero-order chi connectivity index (χ0) is 27.5. The number of phosphoric ester groups is 1. The number of unbranched alkanes of at least 4 members (excludes halogenated alkanes) is 22. The Labute approximate surface area is 277 Å². The molecule has 220 valence electrons. The Morgan fingerprint density at radius 1 is 0.474 bits per heavy atom. The summed E-state index contributed by atoms with van der Waals surface area (Å²) in [6.07, 6.45) is 28.2. The van der Waals surface area contributed by atoms with Crippen molar-refractivity contribution >= 4 is 19.8 Å². The maximum Gasteiger partial charge on any atom is 1.00 e. The summed E-state index contributed by atoms with van der Waals surface area (Å²) in [4.78, 5) is 35.4. The SMILES string of the molecule is CCCCCCCCCCCCCCCCCC(=O)OP(=O)([O-])OC(=O)CCCCCCCCCCC.[K+]. The van der Waals surface area contributed by atoms with E-state index in [9.17, 15) is 19.0 Å². The molecule has 0 aliphatic rings. The Kier molecular flexibility index (Phi) is 33.1. The molecule has 0 heterocycles. The predicted octanol–water partition coefficient (Wildman–Crippen LogP) is 6.73. The Morgan fingerprint density at radius 3 is 0.921 bits per heavy atom. The first-order chi connectivity index (χ1) is 17.9. The normalized spacial score (nSPS) is 12.5. The minimum Gasteiger partial charge on any atom is -0.736 e. The Hall–Kier alpha value is 0.766. The van der Waals surface area contributed by atoms with Crippen LogP contribution in [0, 0.1) is 0 Å². The van der Waals surface area contributed by atoms with Gasteiger partial charge in [-0.15, -0.1) is 0 Å². The second kappa shape index (κ2) is 30.7. The summed E-state index contributed by atoms with van der Waals surface area (Å²) in [5.41, 5.74) is 0. The fourth-order valence-electron chi connectivity index (χ4n) is 4.58. The molecule has 0 aliphatic carbocycles. The van der Waals surface area contributed by atoms with Crippen molar-refractivity contribution in [3.63, 3.8) is 0 Å². The zero-order valence-electron chi connectivity index (χ0n) is 25.3. The van der Waals surface area contributed by atoms with E-state index in [-0.39, 0.29) is 64.2 Å². The van der Waals surface area contributed by atoms with Crippen molar-refractivity contribution in [2.75, 3.05) is 0 Å². The van der Waals surface area contributed by atoms with E-state index >= 15 is 0 Å². The van der Waals surface area contributed by atoms with Crippen molar-refractivity contribution in [2.45, 2.75) is 181 Å². The van der Waals surface area contributed by atoms with Gasteiger partial charge in [0.15, 0.2) is 0 Å². The summed E-state index contributed by atoms with van der Waals surface area (Å²) in [7, 11) is -4.92. The first kappa shape index (κ1) is 40.9. The molecule has 0 N–H and O–H groups in total. The molecule has 0 aromatic rings. The molecule has 6 nitrogen and oxygen atoms in total. The minimum atomic E-state index is -4.92. The van der Waals surface area contributed by atoms with Gasteiger partial charge in [0.2, 0.25) is 0 Å². The molecule has 0 aromatic heterocycles. The van der Waals surface area contributed by atoms with Crippen molar-refractivity contribution in [1.82, 2.24) is 0 Å². The summed E-state index contributed by atoms with van der Waals surface area (Å²) in [6, 6.07) is 0. The molecule has 0 aromatic carbocycles. The van der Waals surface area contributed by atoms with Crippen LogP contribution in [0.25, 0.3) is 0 Å². The molecule has 0 aliphatic heterocycles. The van der Waals surface area contributed by atoms with E-state index < -0.39 is 19.8 Å². The van der Waals surface area contributed by atoms with E-state index in [2.05, 4.69) is 22.9 Å². The molecule has 0 radical (unpaired) electrons. The Balaban J connectivity index is 0. The van der Waals surface area contributed by atoms with Crippen LogP contribution in [0.15, 0.2) is 0 Å². The van der Waals surface area contributed by atoms with Crippen molar-refractivity contribution < 1.29 is 79.5 Å². The van der Waals surface area contributed by atoms with Crippen LogP contribution in [0.4, 0.5) is 0 Å². The van der Waals surface area contributed by atoms with Gasteiger partial charge < -0.3 is 13.9 Å². The largest absolute Gasteiger partial charge is 1.00 e. The van der Waals surface area contributed by atoms with Gasteiger partial charge >= 0.3 is 71.1 Å². The van der Waals surface area contributed by atoms with Crippen LogP contribution >= 0.6 is 7.82 Å². The van der Waals surface area contributed by atoms with Crippen molar-refractivity contribution in [3.05, 3.63) is 0 Å². The molecule has 8 heteroatoms. The first-order valence-electron chi connectivity index (χ1n) is 15.7. The number of phosphoric acid groups is 1. The third-order valence-corrected chi connectivity index (χ3v) is 7.75. The van der Waals surface area contributed by atoms with Gasteiger partial charge in [-0.1, -0.05) is 155 Å². The monoisotopic (exact) mass is 584 g/mol. The van der Waals surface area contributed by atoms with Crippen LogP contribution in [0.2, 0.25) is 0 Å². The molecule has 0 saturated carbocycles. The standard InChI is InChI=1S/C30H59O6P.K/c1-3-5-7-9-11-13-14-15-16-17-18-20-22-24-26-28-30(32)36-37(33,34)35-29(31)27-25-23-21-19-12-10-8-6-4-2;/h3-28H2,1-2H3,(H,33,34);/q;+1/p-1. The minimum absolute atomic E-state index is 0. The van der Waals surface area contributed by atoms with Gasteiger partial charge in [0.1, 0.15) is 0 Å². The summed E-state index contributed by atoms with van der Waals surface area (Å²) in [5, 5.41) is 0. The number of hydrogen-bond donors (Lipinski definition) is 0. The van der Waals surface area contributed by atoms with Gasteiger partial charge in [-0.3, -0.25) is 9.59 Å². The van der Waals surface area contributed by atoms with Gasteiger partial charge in [0, 0.05) is 12.8 Å². The molecular weight excluding hydrogens is 526 g/mol. The fraction of sp³-hybridized carbons (Fsp3) is 0.933. The summed E-state index contributed by atoms with van der Waals surface area (Å²) in [5.74, 6) is -1.69. The number of rotatable bonds is 28. The Bertz CT molecular complexity index is 587. The third kappa shape index (κ3) is 31.3. The average Bonchev–Trinajstić information content (AvgIpc) is 2.84. The van der Waals surface area contributed by atoms with Gasteiger partial charge in [0.25, 0.3) is 0 Å². The van der Waals surface area contributed by atoms with Crippen LogP contribution in [0.3, 0.4) is 0 Å². The molecule has 1 unspecified atom stereocenters. The zero-order valence-corrected chi connectivity index (χ0v) is 29.3. The summed E-state index contributed by atoms with van der Waals surface area (Å²) >= 11 is 0. The van der Waals surface area contributed by atoms with Crippen molar-refractivity contribution in [3.8, 4) is 0 Å². The van der Waals surface area contributed by atoms with Crippen molar-refractivity contribution in [1.29, 1.82) is 0 Å². The van der Waals surface area contributed by atoms with Gasteiger partial charge in [0.05, 0.1) is 0 Å². The molecule has 0 bridgehead atoms. The summed E-state index contributed by atoms with van der Waals surface area (Å²) in [6.45, 7) is 4.45. The molecule has 1 atom stereocenters. The van der Waals surface area contributed by atoms with Crippen LogP contribution in [0.5, 0.6) is 0 Å². The van der Waals surface area contributed by atoms with E-state index in [4.69, 9.17) is 0 Å². The fourth-order valence-corrected chi connectivity index (χ4v) is 5.30. The Morgan fingerprint density at radius 2 is 0.684 bits per heavy atom. The average molecular weight is 585 g/mol. The number of carbonyl (C=O) groups excluding carboxylic acids is 2. The molecule has 0 amide bonds. The van der Waals surface area contributed by atoms with Crippen LogP contribution in [-0.4, -0.2) is 11.9 Å². The van der Waals surface area contributed by atoms with Gasteiger partial charge in [-0.25, -0.2) is 4.57 Å². The number of carbonyl (C=O) groups is 2. The maximum atomic E-state index is 11.8. The van der Waals surface area contributed by atoms with Gasteiger partial charge in [-0.2, -0.15) is 0 Å². The second-order valence-corrected chi connectivity index (χ2v) is 11.9. The smallest absolute Gasteiger partial charge is 0.736 e. The third-order valence-electron chi connectivity index (χ3n) is 6.90.